The van der Waals surface area contributed by atoms with E-state index in [0.29, 0.717) is 24.4 Å². The Labute approximate surface area is 193 Å². The Morgan fingerprint density at radius 3 is 2.09 bits per heavy atom. The fourth-order valence-corrected chi connectivity index (χ4v) is 5.77. The molecule has 1 aromatic rings. The molecule has 0 aliphatic carbocycles. The molecule has 0 atom stereocenters. The molecule has 0 saturated carbocycles. The minimum absolute atomic E-state index is 0.0720. The van der Waals surface area contributed by atoms with Gasteiger partial charge in [0.05, 0.1) is 0 Å². The zero-order chi connectivity index (χ0) is 22.3. The molecule has 176 valence electrons. The molecule has 3 fully saturated rings. The lowest BCUT2D eigenvalue weighted by molar-refractivity contribution is -0.138. The van der Waals surface area contributed by atoms with Crippen molar-refractivity contribution in [1.29, 1.82) is 0 Å². The van der Waals surface area contributed by atoms with Gasteiger partial charge in [-0.25, -0.2) is 4.79 Å². The first-order valence-corrected chi connectivity index (χ1v) is 12.7. The fourth-order valence-electron chi connectivity index (χ4n) is 5.77. The molecule has 0 radical (unpaired) electrons. The number of hydrogen-bond acceptors (Lipinski definition) is 3. The summed E-state index contributed by atoms with van der Waals surface area (Å²) in [5, 5.41) is 2.90. The number of rotatable bonds is 5. The molecule has 1 N–H and O–H groups in total. The molecule has 3 aliphatic rings. The molecule has 3 heterocycles. The number of carbonyl (C=O) groups is 2. The molecule has 4 rings (SSSR count). The van der Waals surface area contributed by atoms with E-state index < -0.39 is 0 Å². The lowest BCUT2D eigenvalue weighted by Gasteiger charge is -2.42. The maximum absolute atomic E-state index is 13.1. The van der Waals surface area contributed by atoms with Crippen molar-refractivity contribution in [3.8, 4) is 0 Å². The topological polar surface area (TPSA) is 55.9 Å². The lowest BCUT2D eigenvalue weighted by Crippen LogP contribution is -2.52. The standard InChI is InChI=1S/C26H40N4O2/c1-2-27-26(32)30-18-12-24(13-19-30)28-16-10-23(11-17-28)25(31)29-14-8-22(9-15-29)20-21-6-4-3-5-7-21/h3-7,22-24H,2,8-20H2,1H3,(H,27,32). The average Bonchev–Trinajstić information content (AvgIpc) is 2.85. The highest BCUT2D eigenvalue weighted by molar-refractivity contribution is 5.79. The van der Waals surface area contributed by atoms with Gasteiger partial charge in [-0.2, -0.15) is 0 Å². The number of nitrogens with one attached hydrogen (secondary N) is 1. The zero-order valence-electron chi connectivity index (χ0n) is 19.7. The first-order valence-electron chi connectivity index (χ1n) is 12.7. The smallest absolute Gasteiger partial charge is 0.317 e. The van der Waals surface area contributed by atoms with Gasteiger partial charge >= 0.3 is 6.03 Å². The van der Waals surface area contributed by atoms with Crippen molar-refractivity contribution in [2.75, 3.05) is 45.8 Å². The second kappa shape index (κ2) is 11.2. The summed E-state index contributed by atoms with van der Waals surface area (Å²) in [7, 11) is 0. The van der Waals surface area contributed by atoms with Gasteiger partial charge in [0.1, 0.15) is 0 Å². The van der Waals surface area contributed by atoms with Crippen LogP contribution in [0.25, 0.3) is 0 Å². The molecule has 0 bridgehead atoms. The maximum atomic E-state index is 13.1. The highest BCUT2D eigenvalue weighted by Gasteiger charge is 2.34. The van der Waals surface area contributed by atoms with Crippen LogP contribution in [-0.4, -0.2) is 78.5 Å². The van der Waals surface area contributed by atoms with Crippen LogP contribution in [0.2, 0.25) is 0 Å². The van der Waals surface area contributed by atoms with Gasteiger partial charge in [0, 0.05) is 44.7 Å². The van der Waals surface area contributed by atoms with Crippen molar-refractivity contribution in [3.05, 3.63) is 35.9 Å². The Bertz CT molecular complexity index is 731. The fraction of sp³-hybridized carbons (Fsp3) is 0.692. The van der Waals surface area contributed by atoms with Gasteiger partial charge < -0.3 is 20.0 Å². The Hall–Kier alpha value is -2.08. The van der Waals surface area contributed by atoms with Gasteiger partial charge in [-0.3, -0.25) is 4.79 Å². The maximum Gasteiger partial charge on any atom is 0.317 e. The van der Waals surface area contributed by atoms with Crippen molar-refractivity contribution in [1.82, 2.24) is 20.0 Å². The first-order chi connectivity index (χ1) is 15.6. The van der Waals surface area contributed by atoms with Gasteiger partial charge in [-0.05, 0) is 76.4 Å². The summed E-state index contributed by atoms with van der Waals surface area (Å²) in [6.07, 6.45) is 7.46. The molecule has 32 heavy (non-hydrogen) atoms. The highest BCUT2D eigenvalue weighted by Crippen LogP contribution is 2.28. The number of urea groups is 1. The summed E-state index contributed by atoms with van der Waals surface area (Å²) in [6, 6.07) is 11.4. The van der Waals surface area contributed by atoms with Crippen LogP contribution in [0.15, 0.2) is 30.3 Å². The molecule has 1 aromatic carbocycles. The van der Waals surface area contributed by atoms with E-state index >= 15 is 0 Å². The quantitative estimate of drug-likeness (QED) is 0.764. The zero-order valence-corrected chi connectivity index (χ0v) is 19.7. The molecule has 0 unspecified atom stereocenters. The molecule has 6 nitrogen and oxygen atoms in total. The van der Waals surface area contributed by atoms with E-state index in [4.69, 9.17) is 0 Å². The third-order valence-corrected chi connectivity index (χ3v) is 7.77. The summed E-state index contributed by atoms with van der Waals surface area (Å²) < 4.78 is 0. The second-order valence-corrected chi connectivity index (χ2v) is 9.82. The third kappa shape index (κ3) is 5.83. The monoisotopic (exact) mass is 440 g/mol. The van der Waals surface area contributed by atoms with E-state index in [2.05, 4.69) is 45.4 Å². The van der Waals surface area contributed by atoms with E-state index in [1.54, 1.807) is 0 Å². The summed E-state index contributed by atoms with van der Waals surface area (Å²) in [5.74, 6) is 1.30. The van der Waals surface area contributed by atoms with Crippen LogP contribution >= 0.6 is 0 Å². The average molecular weight is 441 g/mol. The molecule has 0 spiro atoms. The van der Waals surface area contributed by atoms with Crippen LogP contribution in [0.5, 0.6) is 0 Å². The molecule has 3 amide bonds. The lowest BCUT2D eigenvalue weighted by atomic mass is 9.88. The minimum Gasteiger partial charge on any atom is -0.342 e. The normalized spacial score (nSPS) is 22.2. The first kappa shape index (κ1) is 23.1. The van der Waals surface area contributed by atoms with Gasteiger partial charge in [0.15, 0.2) is 0 Å². The Balaban J connectivity index is 1.16. The van der Waals surface area contributed by atoms with Gasteiger partial charge in [0.2, 0.25) is 5.91 Å². The second-order valence-electron chi connectivity index (χ2n) is 9.82. The van der Waals surface area contributed by atoms with Crippen LogP contribution in [0.3, 0.4) is 0 Å². The summed E-state index contributed by atoms with van der Waals surface area (Å²) >= 11 is 0. The number of piperidine rings is 3. The largest absolute Gasteiger partial charge is 0.342 e. The molecule has 6 heteroatoms. The number of hydrogen-bond donors (Lipinski definition) is 1. The predicted molar refractivity (Wildman–Crippen MR) is 127 cm³/mol. The molecular weight excluding hydrogens is 400 g/mol. The Morgan fingerprint density at radius 1 is 0.844 bits per heavy atom. The molecule has 3 aliphatic heterocycles. The number of amides is 3. The van der Waals surface area contributed by atoms with E-state index in [9.17, 15) is 9.59 Å². The van der Waals surface area contributed by atoms with Gasteiger partial charge in [0.25, 0.3) is 0 Å². The van der Waals surface area contributed by atoms with Crippen molar-refractivity contribution in [2.45, 2.75) is 57.9 Å². The van der Waals surface area contributed by atoms with Crippen LogP contribution < -0.4 is 5.32 Å². The predicted octanol–water partition coefficient (Wildman–Crippen LogP) is 3.37. The van der Waals surface area contributed by atoms with E-state index in [1.807, 2.05) is 11.8 Å². The van der Waals surface area contributed by atoms with E-state index in [-0.39, 0.29) is 11.9 Å². The number of benzene rings is 1. The number of carbonyl (C=O) groups excluding carboxylic acids is 2. The van der Waals surface area contributed by atoms with E-state index in [1.165, 1.54) is 5.56 Å². The van der Waals surface area contributed by atoms with E-state index in [0.717, 1.165) is 84.2 Å². The van der Waals surface area contributed by atoms with Crippen molar-refractivity contribution < 1.29 is 9.59 Å². The SMILES string of the molecule is CCNC(=O)N1CCC(N2CCC(C(=O)N3CCC(Cc4ccccc4)CC3)CC2)CC1. The number of likely N-dealkylation sites (tertiary alicyclic amines) is 3. The van der Waals surface area contributed by atoms with Gasteiger partial charge in [-0.15, -0.1) is 0 Å². The van der Waals surface area contributed by atoms with Crippen molar-refractivity contribution >= 4 is 11.9 Å². The third-order valence-electron chi connectivity index (χ3n) is 7.77. The van der Waals surface area contributed by atoms with Gasteiger partial charge in [-0.1, -0.05) is 30.3 Å². The van der Waals surface area contributed by atoms with Crippen LogP contribution in [0.1, 0.15) is 51.0 Å². The van der Waals surface area contributed by atoms with Crippen LogP contribution in [0, 0.1) is 11.8 Å². The summed E-state index contributed by atoms with van der Waals surface area (Å²) in [4.78, 5) is 31.8. The molecule has 3 saturated heterocycles. The van der Waals surface area contributed by atoms with Crippen molar-refractivity contribution in [2.24, 2.45) is 11.8 Å². The van der Waals surface area contributed by atoms with Crippen LogP contribution in [0.4, 0.5) is 4.79 Å². The molecule has 0 aromatic heterocycles. The summed E-state index contributed by atoms with van der Waals surface area (Å²) in [5.41, 5.74) is 1.42. The Morgan fingerprint density at radius 2 is 1.47 bits per heavy atom. The Kier molecular flexibility index (Phi) is 8.06. The minimum atomic E-state index is 0.0720. The highest BCUT2D eigenvalue weighted by atomic mass is 16.2. The summed E-state index contributed by atoms with van der Waals surface area (Å²) in [6.45, 7) is 8.22. The van der Waals surface area contributed by atoms with Crippen LogP contribution in [-0.2, 0) is 11.2 Å². The number of nitrogens with zero attached hydrogens (tertiary/aromatic N) is 3. The molecular formula is C26H40N4O2. The van der Waals surface area contributed by atoms with Crippen molar-refractivity contribution in [3.63, 3.8) is 0 Å².